The second-order valence-electron chi connectivity index (χ2n) is 6.96. The lowest BCUT2D eigenvalue weighted by molar-refractivity contribution is -0.274. The van der Waals surface area contributed by atoms with Crippen molar-refractivity contribution >= 4 is 40.7 Å². The number of imide groups is 1. The van der Waals surface area contributed by atoms with Crippen LogP contribution < -0.4 is 9.64 Å². The lowest BCUT2D eigenvalue weighted by Gasteiger charge is -2.21. The second kappa shape index (κ2) is 6.12. The highest BCUT2D eigenvalue weighted by atomic mass is 35.5. The van der Waals surface area contributed by atoms with Gasteiger partial charge in [-0.1, -0.05) is 35.3 Å². The third kappa shape index (κ3) is 2.93. The quantitative estimate of drug-likeness (QED) is 0.631. The molecule has 2 aromatic rings. The highest BCUT2D eigenvalue weighted by Gasteiger charge is 2.77. The van der Waals surface area contributed by atoms with Gasteiger partial charge in [0.25, 0.3) is 0 Å². The van der Waals surface area contributed by atoms with Crippen LogP contribution in [0.15, 0.2) is 42.5 Å². The number of fused-ring (bicyclic) bond motifs is 1. The Morgan fingerprint density at radius 2 is 1.57 bits per heavy atom. The first kappa shape index (κ1) is 19.1. The predicted octanol–water partition coefficient (Wildman–Crippen LogP) is 5.19. The van der Waals surface area contributed by atoms with E-state index in [0.29, 0.717) is 21.3 Å². The number of amides is 2. The van der Waals surface area contributed by atoms with Crippen molar-refractivity contribution in [3.05, 3.63) is 58.1 Å². The van der Waals surface area contributed by atoms with Gasteiger partial charge in [-0.15, -0.1) is 13.2 Å². The number of anilines is 1. The number of alkyl halides is 3. The van der Waals surface area contributed by atoms with Crippen LogP contribution >= 0.6 is 23.2 Å². The smallest absolute Gasteiger partial charge is 0.406 e. The molecule has 0 unspecified atom stereocenters. The van der Waals surface area contributed by atoms with Crippen molar-refractivity contribution in [2.75, 3.05) is 4.90 Å². The molecule has 4 nitrogen and oxygen atoms in total. The summed E-state index contributed by atoms with van der Waals surface area (Å²) in [5.74, 6) is -2.13. The number of piperidine rings is 1. The van der Waals surface area contributed by atoms with Crippen molar-refractivity contribution < 1.29 is 27.5 Å². The topological polar surface area (TPSA) is 46.6 Å². The number of benzene rings is 2. The number of carbonyl (C=O) groups excluding carboxylic acids is 2. The van der Waals surface area contributed by atoms with E-state index in [1.54, 1.807) is 6.92 Å². The van der Waals surface area contributed by atoms with E-state index in [9.17, 15) is 22.8 Å². The van der Waals surface area contributed by atoms with Crippen molar-refractivity contribution in [3.63, 3.8) is 0 Å². The Labute approximate surface area is 167 Å². The molecule has 1 aliphatic heterocycles. The maximum absolute atomic E-state index is 13.0. The number of nitrogens with zero attached hydrogens (tertiary/aromatic N) is 1. The fourth-order valence-corrected chi connectivity index (χ4v) is 4.50. The van der Waals surface area contributed by atoms with Crippen molar-refractivity contribution in [3.8, 4) is 5.75 Å². The van der Waals surface area contributed by atoms with E-state index in [1.807, 2.05) is 0 Å². The fraction of sp³-hybridized carbons (Fsp3) is 0.263. The van der Waals surface area contributed by atoms with Gasteiger partial charge in [0, 0.05) is 16.0 Å². The van der Waals surface area contributed by atoms with Crippen LogP contribution in [-0.4, -0.2) is 18.2 Å². The number of rotatable bonds is 3. The van der Waals surface area contributed by atoms with Gasteiger partial charge in [0.2, 0.25) is 11.8 Å². The van der Waals surface area contributed by atoms with Crippen LogP contribution in [0.2, 0.25) is 10.0 Å². The molecule has 1 saturated carbocycles. The molecule has 3 atom stereocenters. The monoisotopic (exact) mass is 429 g/mol. The molecule has 1 aliphatic carbocycles. The molecule has 28 heavy (non-hydrogen) atoms. The van der Waals surface area contributed by atoms with E-state index in [-0.39, 0.29) is 17.6 Å². The Hall–Kier alpha value is -2.25. The summed E-state index contributed by atoms with van der Waals surface area (Å²) < 4.78 is 40.7. The molecule has 0 spiro atoms. The molecule has 0 aromatic heterocycles. The maximum Gasteiger partial charge on any atom is 0.573 e. The minimum absolute atomic E-state index is 0.297. The molecule has 2 amide bonds. The van der Waals surface area contributed by atoms with Gasteiger partial charge in [-0.2, -0.15) is 0 Å². The molecule has 2 aliphatic rings. The first-order valence-corrected chi connectivity index (χ1v) is 8.98. The molecular weight excluding hydrogens is 418 g/mol. The van der Waals surface area contributed by atoms with Crippen LogP contribution in [0.4, 0.5) is 18.9 Å². The summed E-state index contributed by atoms with van der Waals surface area (Å²) in [6, 6.07) is 9.68. The lowest BCUT2D eigenvalue weighted by atomic mass is 9.99. The molecular formula is C19H12Cl2F3NO3. The Morgan fingerprint density at radius 1 is 1.00 bits per heavy atom. The average Bonchev–Trinajstić information content (AvgIpc) is 3.14. The van der Waals surface area contributed by atoms with Gasteiger partial charge in [-0.3, -0.25) is 9.59 Å². The Kier molecular flexibility index (Phi) is 4.17. The van der Waals surface area contributed by atoms with Crippen LogP contribution in [0, 0.1) is 11.3 Å². The maximum atomic E-state index is 13.0. The number of halogens is 5. The van der Waals surface area contributed by atoms with E-state index in [1.165, 1.54) is 42.5 Å². The third-order valence-corrected chi connectivity index (χ3v) is 5.68. The summed E-state index contributed by atoms with van der Waals surface area (Å²) in [6.45, 7) is 1.68. The normalized spacial score (nSPS) is 26.4. The van der Waals surface area contributed by atoms with E-state index < -0.39 is 23.6 Å². The van der Waals surface area contributed by atoms with E-state index in [2.05, 4.69) is 4.74 Å². The molecule has 9 heteroatoms. The fourth-order valence-electron chi connectivity index (χ4n) is 3.99. The van der Waals surface area contributed by atoms with Gasteiger partial charge in [0.15, 0.2) is 0 Å². The Balaban J connectivity index is 1.59. The summed E-state index contributed by atoms with van der Waals surface area (Å²) in [4.78, 5) is 26.9. The number of hydrogen-bond acceptors (Lipinski definition) is 3. The van der Waals surface area contributed by atoms with Crippen LogP contribution in [0.25, 0.3) is 0 Å². The molecule has 1 saturated heterocycles. The zero-order valence-electron chi connectivity index (χ0n) is 14.3. The Bertz CT molecular complexity index is 973. The molecule has 2 fully saturated rings. The Morgan fingerprint density at radius 3 is 2.04 bits per heavy atom. The van der Waals surface area contributed by atoms with Gasteiger partial charge < -0.3 is 4.74 Å². The predicted molar refractivity (Wildman–Crippen MR) is 96.4 cm³/mol. The minimum Gasteiger partial charge on any atom is -0.406 e. The average molecular weight is 430 g/mol. The third-order valence-electron chi connectivity index (χ3n) is 5.25. The first-order valence-electron chi connectivity index (χ1n) is 8.22. The van der Waals surface area contributed by atoms with E-state index in [4.69, 9.17) is 23.2 Å². The SMILES string of the molecule is C[C@]12C(=O)N(c3cc(Cl)cc(Cl)c3)C(=O)[C@H]1[C@@H]2c1ccc(OC(F)(F)F)cc1. The zero-order chi connectivity index (χ0) is 20.4. The number of carbonyl (C=O) groups is 2. The van der Waals surface area contributed by atoms with Crippen molar-refractivity contribution in [1.29, 1.82) is 0 Å². The first-order chi connectivity index (χ1) is 13.0. The van der Waals surface area contributed by atoms with Gasteiger partial charge in [-0.25, -0.2) is 4.90 Å². The van der Waals surface area contributed by atoms with Crippen LogP contribution in [0.1, 0.15) is 18.4 Å². The van der Waals surface area contributed by atoms with Crippen LogP contribution in [0.3, 0.4) is 0 Å². The van der Waals surface area contributed by atoms with Crippen LogP contribution in [0.5, 0.6) is 5.75 Å². The minimum atomic E-state index is -4.78. The van der Waals surface area contributed by atoms with Gasteiger partial charge in [-0.05, 0) is 42.8 Å². The highest BCUT2D eigenvalue weighted by Crippen LogP contribution is 2.70. The molecule has 0 radical (unpaired) electrons. The van der Waals surface area contributed by atoms with Gasteiger partial charge in [0.05, 0.1) is 17.0 Å². The highest BCUT2D eigenvalue weighted by molar-refractivity contribution is 6.36. The van der Waals surface area contributed by atoms with Gasteiger partial charge in [0.1, 0.15) is 5.75 Å². The van der Waals surface area contributed by atoms with Crippen molar-refractivity contribution in [1.82, 2.24) is 0 Å². The van der Waals surface area contributed by atoms with Crippen LogP contribution in [-0.2, 0) is 9.59 Å². The zero-order valence-corrected chi connectivity index (χ0v) is 15.8. The lowest BCUT2D eigenvalue weighted by Crippen LogP contribution is -2.36. The molecule has 0 bridgehead atoms. The standard InChI is InChI=1S/C19H12Cl2F3NO3/c1-18-14(9-2-4-13(5-3-9)28-19(22,23)24)15(18)16(26)25(17(18)27)12-7-10(20)6-11(21)8-12/h2-8,14-15H,1H3/t14-,15+,18+/m0/s1. The van der Waals surface area contributed by atoms with E-state index in [0.717, 1.165) is 4.90 Å². The summed E-state index contributed by atoms with van der Waals surface area (Å²) in [7, 11) is 0. The summed E-state index contributed by atoms with van der Waals surface area (Å²) in [5, 5.41) is 0.594. The van der Waals surface area contributed by atoms with Crippen molar-refractivity contribution in [2.45, 2.75) is 19.2 Å². The molecule has 146 valence electrons. The molecule has 0 N–H and O–H groups in total. The second-order valence-corrected chi connectivity index (χ2v) is 7.83. The van der Waals surface area contributed by atoms with Crippen molar-refractivity contribution in [2.24, 2.45) is 11.3 Å². The van der Waals surface area contributed by atoms with Gasteiger partial charge >= 0.3 is 6.36 Å². The molecule has 1 heterocycles. The number of ether oxygens (including phenoxy) is 1. The molecule has 2 aromatic carbocycles. The number of hydrogen-bond donors (Lipinski definition) is 0. The molecule has 4 rings (SSSR count). The summed E-state index contributed by atoms with van der Waals surface area (Å²) in [6.07, 6.45) is -4.78. The summed E-state index contributed by atoms with van der Waals surface area (Å²) >= 11 is 11.9. The summed E-state index contributed by atoms with van der Waals surface area (Å²) in [5.41, 5.74) is -0.0562. The van der Waals surface area contributed by atoms with E-state index >= 15 is 0 Å². The largest absolute Gasteiger partial charge is 0.573 e.